The molecule has 0 saturated carbocycles. The van der Waals surface area contributed by atoms with Crippen molar-refractivity contribution < 1.29 is 22.5 Å². The molecule has 3 aromatic rings. The summed E-state index contributed by atoms with van der Waals surface area (Å²) in [5.41, 5.74) is 2.98. The second-order valence-electron chi connectivity index (χ2n) is 7.96. The number of hydrogen-bond donors (Lipinski definition) is 1. The van der Waals surface area contributed by atoms with E-state index in [1.807, 2.05) is 23.1 Å². The molecule has 0 atom stereocenters. The Morgan fingerprint density at radius 2 is 1.86 bits per heavy atom. The van der Waals surface area contributed by atoms with Crippen molar-refractivity contribution in [2.24, 2.45) is 0 Å². The van der Waals surface area contributed by atoms with E-state index in [1.54, 1.807) is 32.0 Å². The molecule has 35 heavy (non-hydrogen) atoms. The number of alkyl halides is 3. The molecule has 2 aromatic heterocycles. The molecule has 1 fully saturated rings. The van der Waals surface area contributed by atoms with Gasteiger partial charge in [0.1, 0.15) is 11.6 Å². The second-order valence-corrected chi connectivity index (χ2v) is 7.96. The van der Waals surface area contributed by atoms with E-state index in [4.69, 9.17) is 9.78 Å². The van der Waals surface area contributed by atoms with E-state index in [-0.39, 0.29) is 5.69 Å². The fraction of sp³-hybridized carbons (Fsp3) is 0.375. The van der Waals surface area contributed by atoms with Gasteiger partial charge in [0.15, 0.2) is 0 Å². The lowest BCUT2D eigenvalue weighted by molar-refractivity contribution is -0.144. The van der Waals surface area contributed by atoms with Crippen LogP contribution in [0.15, 0.2) is 34.9 Å². The van der Waals surface area contributed by atoms with Crippen molar-refractivity contribution in [2.75, 3.05) is 24.5 Å². The van der Waals surface area contributed by atoms with Crippen LogP contribution in [0.4, 0.5) is 19.0 Å². The number of nitrogens with one attached hydrogen (secondary N) is 1. The van der Waals surface area contributed by atoms with Crippen LogP contribution in [0.2, 0.25) is 0 Å². The average molecular weight is 486 g/mol. The maximum atomic E-state index is 13.1. The number of halogens is 3. The molecule has 1 saturated heterocycles. The Labute approximate surface area is 200 Å². The zero-order valence-electron chi connectivity index (χ0n) is 19.4. The minimum atomic E-state index is -4.59. The predicted octanol–water partition coefficient (Wildman–Crippen LogP) is 4.21. The first-order valence-corrected chi connectivity index (χ1v) is 11.0. The van der Waals surface area contributed by atoms with E-state index in [0.29, 0.717) is 54.4 Å². The van der Waals surface area contributed by atoms with E-state index in [9.17, 15) is 18.0 Å². The largest absolute Gasteiger partial charge is 0.451 e. The Balaban J connectivity index is 0.000000225. The van der Waals surface area contributed by atoms with Gasteiger partial charge in [-0.05, 0) is 50.8 Å². The van der Waals surface area contributed by atoms with Gasteiger partial charge in [-0.3, -0.25) is 4.79 Å². The van der Waals surface area contributed by atoms with Gasteiger partial charge in [-0.2, -0.15) is 18.4 Å². The Morgan fingerprint density at radius 3 is 2.40 bits per heavy atom. The summed E-state index contributed by atoms with van der Waals surface area (Å²) in [6.07, 6.45) is -1.21. The molecule has 0 unspecified atom stereocenters. The number of amides is 1. The number of carbonyl (C=O) groups excluding carboxylic acids is 1. The molecule has 3 heterocycles. The lowest BCUT2D eigenvalue weighted by Gasteiger charge is -2.18. The quantitative estimate of drug-likeness (QED) is 0.411. The van der Waals surface area contributed by atoms with Crippen molar-refractivity contribution in [1.82, 2.24) is 20.4 Å². The van der Waals surface area contributed by atoms with Crippen molar-refractivity contribution >= 4 is 12.2 Å². The van der Waals surface area contributed by atoms with Crippen molar-refractivity contribution in [1.29, 1.82) is 5.26 Å². The normalized spacial score (nSPS) is 13.1. The molecule has 184 valence electrons. The summed E-state index contributed by atoms with van der Waals surface area (Å²) >= 11 is 0. The number of rotatable bonds is 6. The van der Waals surface area contributed by atoms with Gasteiger partial charge in [0.25, 0.3) is 0 Å². The average Bonchev–Trinajstić information content (AvgIpc) is 3.49. The number of nitriles is 1. The third-order valence-corrected chi connectivity index (χ3v) is 5.41. The van der Waals surface area contributed by atoms with E-state index in [0.717, 1.165) is 24.8 Å². The highest BCUT2D eigenvalue weighted by molar-refractivity contribution is 5.67. The van der Waals surface area contributed by atoms with Crippen LogP contribution in [-0.4, -0.2) is 41.2 Å². The van der Waals surface area contributed by atoms with Crippen LogP contribution < -0.4 is 10.2 Å². The minimum Gasteiger partial charge on any atom is -0.361 e. The summed E-state index contributed by atoms with van der Waals surface area (Å²) in [5, 5.41) is 14.9. The van der Waals surface area contributed by atoms with E-state index in [2.05, 4.69) is 20.4 Å². The number of aryl methyl sites for hydroxylation is 2. The van der Waals surface area contributed by atoms with Crippen molar-refractivity contribution in [3.63, 3.8) is 0 Å². The van der Waals surface area contributed by atoms with E-state index in [1.165, 1.54) is 0 Å². The first-order chi connectivity index (χ1) is 16.7. The van der Waals surface area contributed by atoms with Gasteiger partial charge in [0.2, 0.25) is 12.2 Å². The minimum absolute atomic E-state index is 0.195. The highest BCUT2D eigenvalue weighted by Crippen LogP contribution is 2.33. The third-order valence-electron chi connectivity index (χ3n) is 5.41. The Hall–Kier alpha value is -3.94. The molecule has 11 heteroatoms. The summed E-state index contributed by atoms with van der Waals surface area (Å²) < 4.78 is 44.3. The van der Waals surface area contributed by atoms with Crippen LogP contribution in [0.25, 0.3) is 11.3 Å². The summed E-state index contributed by atoms with van der Waals surface area (Å²) in [7, 11) is 0. The molecule has 1 N–H and O–H groups in total. The van der Waals surface area contributed by atoms with Crippen molar-refractivity contribution in [3.8, 4) is 17.3 Å². The zero-order chi connectivity index (χ0) is 25.4. The summed E-state index contributed by atoms with van der Waals surface area (Å²) in [6.45, 7) is 5.37. The summed E-state index contributed by atoms with van der Waals surface area (Å²) in [6, 6.07) is 11.0. The van der Waals surface area contributed by atoms with Crippen LogP contribution in [0.1, 0.15) is 41.2 Å². The first-order valence-electron chi connectivity index (χ1n) is 11.0. The number of anilines is 1. The van der Waals surface area contributed by atoms with Gasteiger partial charge in [0.05, 0.1) is 28.6 Å². The molecular formula is C24H25F3N6O2. The Bertz CT molecular complexity index is 1160. The van der Waals surface area contributed by atoms with Crippen LogP contribution in [0.3, 0.4) is 0 Å². The van der Waals surface area contributed by atoms with Crippen LogP contribution in [0.5, 0.6) is 0 Å². The molecule has 0 bridgehead atoms. The number of aromatic nitrogens is 3. The fourth-order valence-corrected chi connectivity index (χ4v) is 3.67. The molecule has 1 aromatic carbocycles. The van der Waals surface area contributed by atoms with Gasteiger partial charge in [0, 0.05) is 25.7 Å². The number of benzene rings is 1. The van der Waals surface area contributed by atoms with Crippen molar-refractivity contribution in [3.05, 3.63) is 58.7 Å². The molecule has 1 amide bonds. The van der Waals surface area contributed by atoms with Gasteiger partial charge in [-0.25, -0.2) is 9.97 Å². The summed E-state index contributed by atoms with van der Waals surface area (Å²) in [5.74, 6) is -0.390. The molecule has 4 rings (SSSR count). The van der Waals surface area contributed by atoms with Gasteiger partial charge < -0.3 is 14.7 Å². The third kappa shape index (κ3) is 6.79. The number of nitrogens with zero attached hydrogens (tertiary/aromatic N) is 5. The molecule has 8 nitrogen and oxygen atoms in total. The lowest BCUT2D eigenvalue weighted by Crippen LogP contribution is -2.22. The maximum Gasteiger partial charge on any atom is 0.451 e. The molecule has 1 aliphatic rings. The standard InChI is InChI=1S/C14H15F3N4O.C10H10N2O/c1-8-12(9(2)22-20-8)10-7-11(21-5-3-4-6-21)19-13(18-10)14(15,16)17;11-7-10-3-1-9(2-4-10)5-6-12-8-13/h7H,3-6H2,1-2H3;1-4,8H,5-6H2,(H,12,13). The SMILES string of the molecule is Cc1noc(C)c1-c1cc(N2CCCC2)nc(C(F)(F)F)n1.N#Cc1ccc(CCNC=O)cc1. The Morgan fingerprint density at radius 1 is 1.17 bits per heavy atom. The molecule has 0 spiro atoms. The summed E-state index contributed by atoms with van der Waals surface area (Å²) in [4.78, 5) is 19.2. The van der Waals surface area contributed by atoms with Crippen LogP contribution in [-0.2, 0) is 17.4 Å². The van der Waals surface area contributed by atoms with E-state index < -0.39 is 12.0 Å². The van der Waals surface area contributed by atoms with Crippen molar-refractivity contribution in [2.45, 2.75) is 39.3 Å². The second kappa shape index (κ2) is 11.5. The van der Waals surface area contributed by atoms with E-state index >= 15 is 0 Å². The monoisotopic (exact) mass is 486 g/mol. The number of hydrogen-bond acceptors (Lipinski definition) is 7. The fourth-order valence-electron chi connectivity index (χ4n) is 3.67. The molecular weight excluding hydrogens is 461 g/mol. The molecule has 0 radical (unpaired) electrons. The van der Waals surface area contributed by atoms with Gasteiger partial charge in [-0.1, -0.05) is 17.3 Å². The maximum absolute atomic E-state index is 13.1. The highest BCUT2D eigenvalue weighted by Gasteiger charge is 2.36. The van der Waals surface area contributed by atoms with Gasteiger partial charge >= 0.3 is 6.18 Å². The first kappa shape index (κ1) is 25.7. The lowest BCUT2D eigenvalue weighted by atomic mass is 10.1. The molecule has 1 aliphatic heterocycles. The smallest absolute Gasteiger partial charge is 0.361 e. The molecule has 0 aliphatic carbocycles. The Kier molecular flexibility index (Phi) is 8.41. The topological polar surface area (TPSA) is 108 Å². The van der Waals surface area contributed by atoms with Crippen LogP contribution in [0, 0.1) is 25.2 Å². The van der Waals surface area contributed by atoms with Crippen LogP contribution >= 0.6 is 0 Å². The predicted molar refractivity (Wildman–Crippen MR) is 122 cm³/mol. The zero-order valence-corrected chi connectivity index (χ0v) is 19.4. The highest BCUT2D eigenvalue weighted by atomic mass is 19.4. The number of carbonyl (C=O) groups is 1. The van der Waals surface area contributed by atoms with Gasteiger partial charge in [-0.15, -0.1) is 0 Å².